The minimum Gasteiger partial charge on any atom is -0.480 e. The van der Waals surface area contributed by atoms with E-state index in [1.54, 1.807) is 11.8 Å². The Morgan fingerprint density at radius 3 is 1.89 bits per heavy atom. The molecule has 0 aliphatic carbocycles. The second kappa shape index (κ2) is 13.6. The van der Waals surface area contributed by atoms with Crippen LogP contribution in [0.25, 0.3) is 0 Å². The summed E-state index contributed by atoms with van der Waals surface area (Å²) in [4.78, 5) is 20.2. The lowest BCUT2D eigenvalue weighted by Gasteiger charge is -2.03. The molecule has 0 aromatic rings. The summed E-state index contributed by atoms with van der Waals surface area (Å²) in [6, 6.07) is -1.40. The molecule has 19 heavy (non-hydrogen) atoms. The number of carboxylic acids is 2. The largest absolute Gasteiger partial charge is 0.480 e. The Morgan fingerprint density at radius 1 is 1.05 bits per heavy atom. The van der Waals surface area contributed by atoms with Crippen LogP contribution in [0.15, 0.2) is 0 Å². The Kier molecular flexibility index (Phi) is 14.7. The van der Waals surface area contributed by atoms with Gasteiger partial charge < -0.3 is 27.4 Å². The van der Waals surface area contributed by atoms with Gasteiger partial charge in [-0.05, 0) is 37.8 Å². The zero-order valence-electron chi connectivity index (χ0n) is 11.2. The summed E-state index contributed by atoms with van der Waals surface area (Å²) in [6.45, 7) is 0.604. The van der Waals surface area contributed by atoms with E-state index >= 15 is 0 Å². The van der Waals surface area contributed by atoms with Crippen molar-refractivity contribution in [1.82, 2.24) is 0 Å². The van der Waals surface area contributed by atoms with Gasteiger partial charge in [-0.2, -0.15) is 11.8 Å². The predicted molar refractivity (Wildman–Crippen MR) is 77.1 cm³/mol. The van der Waals surface area contributed by atoms with Crippen LogP contribution in [0.1, 0.15) is 25.7 Å². The highest BCUT2D eigenvalue weighted by atomic mass is 32.2. The fourth-order valence-electron chi connectivity index (χ4n) is 1.00. The molecule has 0 bridgehead atoms. The van der Waals surface area contributed by atoms with Crippen LogP contribution in [0, 0.1) is 0 Å². The van der Waals surface area contributed by atoms with Crippen LogP contribution in [-0.4, -0.2) is 52.8 Å². The molecule has 0 aromatic carbocycles. The van der Waals surface area contributed by atoms with E-state index in [1.165, 1.54) is 0 Å². The molecule has 0 radical (unpaired) electrons. The van der Waals surface area contributed by atoms with Crippen LogP contribution < -0.4 is 17.2 Å². The van der Waals surface area contributed by atoms with Gasteiger partial charge >= 0.3 is 11.9 Å². The minimum atomic E-state index is -0.933. The Balaban J connectivity index is 0. The molecule has 8 heteroatoms. The van der Waals surface area contributed by atoms with Crippen molar-refractivity contribution < 1.29 is 19.8 Å². The lowest BCUT2D eigenvalue weighted by atomic mass is 10.1. The average Bonchev–Trinajstić information content (AvgIpc) is 2.36. The third-order valence-electron chi connectivity index (χ3n) is 2.24. The molecule has 0 aliphatic heterocycles. The maximum absolute atomic E-state index is 10.1. The highest BCUT2D eigenvalue weighted by molar-refractivity contribution is 7.98. The zero-order valence-corrected chi connectivity index (χ0v) is 12.1. The van der Waals surface area contributed by atoms with Gasteiger partial charge in [-0.15, -0.1) is 0 Å². The van der Waals surface area contributed by atoms with Crippen LogP contribution in [0.4, 0.5) is 0 Å². The number of hydrogen-bond donors (Lipinski definition) is 5. The van der Waals surface area contributed by atoms with E-state index in [0.717, 1.165) is 18.6 Å². The molecule has 0 amide bonds. The summed E-state index contributed by atoms with van der Waals surface area (Å²) < 4.78 is 0. The first-order valence-corrected chi connectivity index (χ1v) is 7.41. The molecule has 0 heterocycles. The van der Waals surface area contributed by atoms with Crippen molar-refractivity contribution >= 4 is 23.7 Å². The van der Waals surface area contributed by atoms with Crippen LogP contribution >= 0.6 is 11.8 Å². The number of aliphatic carboxylic acids is 2. The molecule has 1 unspecified atom stereocenters. The Hall–Kier alpha value is -0.830. The lowest BCUT2D eigenvalue weighted by molar-refractivity contribution is -0.139. The number of nitrogens with two attached hydrogens (primary N) is 3. The van der Waals surface area contributed by atoms with Gasteiger partial charge in [-0.3, -0.25) is 9.59 Å². The SMILES string of the molecule is CSCC[C@H](N)C(=O)O.NCCCCC(N)C(=O)O. The number of unbranched alkanes of at least 4 members (excludes halogenated alkanes) is 1. The van der Waals surface area contributed by atoms with Crippen LogP contribution in [0.3, 0.4) is 0 Å². The fraction of sp³-hybridized carbons (Fsp3) is 0.818. The third kappa shape index (κ3) is 15.1. The Morgan fingerprint density at radius 2 is 1.53 bits per heavy atom. The van der Waals surface area contributed by atoms with E-state index in [1.807, 2.05) is 6.26 Å². The maximum Gasteiger partial charge on any atom is 0.320 e. The molecule has 0 aliphatic rings. The number of hydrogen-bond acceptors (Lipinski definition) is 6. The molecule has 2 atom stereocenters. The number of thioether (sulfide) groups is 1. The standard InChI is InChI=1S/C6H14N2O2.C5H11NO2S/c7-4-2-1-3-5(8)6(9)10;1-9-3-2-4(6)5(7)8/h5H,1-4,7-8H2,(H,9,10);4H,2-3,6H2,1H3,(H,7,8)/t;4-/m.0/s1. The number of rotatable bonds is 9. The molecule has 0 saturated carbocycles. The number of carboxylic acid groups (broad SMARTS) is 2. The first-order chi connectivity index (χ1) is 8.86. The second-order valence-electron chi connectivity index (χ2n) is 3.96. The molecule has 0 spiro atoms. The zero-order chi connectivity index (χ0) is 15.3. The molecular formula is C11H25N3O4S. The molecule has 0 rings (SSSR count). The molecule has 114 valence electrons. The predicted octanol–water partition coefficient (Wildman–Crippen LogP) is -0.321. The van der Waals surface area contributed by atoms with Crippen molar-refractivity contribution in [2.75, 3.05) is 18.6 Å². The van der Waals surface area contributed by atoms with Crippen molar-refractivity contribution in [2.45, 2.75) is 37.8 Å². The molecule has 7 nitrogen and oxygen atoms in total. The van der Waals surface area contributed by atoms with E-state index in [-0.39, 0.29) is 0 Å². The van der Waals surface area contributed by atoms with Crippen LogP contribution in [0.2, 0.25) is 0 Å². The molecular weight excluding hydrogens is 270 g/mol. The topological polar surface area (TPSA) is 153 Å². The molecule has 0 aromatic heterocycles. The van der Waals surface area contributed by atoms with Crippen molar-refractivity contribution in [3.63, 3.8) is 0 Å². The lowest BCUT2D eigenvalue weighted by Crippen LogP contribution is -2.30. The first kappa shape index (κ1) is 20.5. The quantitative estimate of drug-likeness (QED) is 0.363. The fourth-order valence-corrected chi connectivity index (χ4v) is 1.49. The monoisotopic (exact) mass is 295 g/mol. The van der Waals surface area contributed by atoms with Gasteiger partial charge in [0.1, 0.15) is 12.1 Å². The summed E-state index contributed by atoms with van der Waals surface area (Å²) in [7, 11) is 0. The summed E-state index contributed by atoms with van der Waals surface area (Å²) in [5.74, 6) is -1.03. The van der Waals surface area contributed by atoms with Crippen molar-refractivity contribution in [2.24, 2.45) is 17.2 Å². The summed E-state index contributed by atoms with van der Waals surface area (Å²) in [6.07, 6.45) is 4.64. The van der Waals surface area contributed by atoms with E-state index < -0.39 is 24.0 Å². The Bertz CT molecular complexity index is 254. The van der Waals surface area contributed by atoms with Gasteiger partial charge in [-0.1, -0.05) is 6.42 Å². The normalized spacial score (nSPS) is 13.1. The van der Waals surface area contributed by atoms with Crippen molar-refractivity contribution in [3.8, 4) is 0 Å². The minimum absolute atomic E-state index is 0.520. The van der Waals surface area contributed by atoms with Gasteiger partial charge in [0, 0.05) is 0 Å². The number of carbonyl (C=O) groups is 2. The second-order valence-corrected chi connectivity index (χ2v) is 4.94. The van der Waals surface area contributed by atoms with E-state index in [2.05, 4.69) is 0 Å². The van der Waals surface area contributed by atoms with Gasteiger partial charge in [-0.25, -0.2) is 0 Å². The molecule has 0 fully saturated rings. The van der Waals surface area contributed by atoms with Gasteiger partial charge in [0.15, 0.2) is 0 Å². The highest BCUT2D eigenvalue weighted by Crippen LogP contribution is 1.98. The van der Waals surface area contributed by atoms with Crippen molar-refractivity contribution in [1.29, 1.82) is 0 Å². The first-order valence-electron chi connectivity index (χ1n) is 6.02. The Labute approximate surface area is 117 Å². The van der Waals surface area contributed by atoms with Gasteiger partial charge in [0.05, 0.1) is 0 Å². The van der Waals surface area contributed by atoms with E-state index in [4.69, 9.17) is 27.4 Å². The van der Waals surface area contributed by atoms with Gasteiger partial charge in [0.2, 0.25) is 0 Å². The van der Waals surface area contributed by atoms with Crippen LogP contribution in [-0.2, 0) is 9.59 Å². The molecule has 0 saturated heterocycles. The maximum atomic E-state index is 10.1. The highest BCUT2D eigenvalue weighted by Gasteiger charge is 2.09. The smallest absolute Gasteiger partial charge is 0.320 e. The van der Waals surface area contributed by atoms with Gasteiger partial charge in [0.25, 0.3) is 0 Å². The third-order valence-corrected chi connectivity index (χ3v) is 2.88. The summed E-state index contributed by atoms with van der Waals surface area (Å²) in [5.41, 5.74) is 15.6. The van der Waals surface area contributed by atoms with Crippen LogP contribution in [0.5, 0.6) is 0 Å². The summed E-state index contributed by atoms with van der Waals surface area (Å²) >= 11 is 1.60. The van der Waals surface area contributed by atoms with E-state index in [0.29, 0.717) is 19.4 Å². The van der Waals surface area contributed by atoms with E-state index in [9.17, 15) is 9.59 Å². The van der Waals surface area contributed by atoms with Crippen molar-refractivity contribution in [3.05, 3.63) is 0 Å². The summed E-state index contributed by atoms with van der Waals surface area (Å²) in [5, 5.41) is 16.6. The average molecular weight is 295 g/mol. The molecule has 8 N–H and O–H groups in total.